The van der Waals surface area contributed by atoms with Gasteiger partial charge in [-0.25, -0.2) is 13.1 Å². The second-order valence-corrected chi connectivity index (χ2v) is 8.80. The maximum atomic E-state index is 12.8. The van der Waals surface area contributed by atoms with E-state index in [0.29, 0.717) is 17.1 Å². The number of aromatic nitrogens is 1. The minimum atomic E-state index is -3.74. The smallest absolute Gasteiger partial charge is 0.270 e. The van der Waals surface area contributed by atoms with Gasteiger partial charge in [0, 0.05) is 32.4 Å². The fourth-order valence-electron chi connectivity index (χ4n) is 3.41. The molecule has 2 aromatic rings. The van der Waals surface area contributed by atoms with Gasteiger partial charge < -0.3 is 14.2 Å². The van der Waals surface area contributed by atoms with Crippen LogP contribution in [0, 0.1) is 6.92 Å². The summed E-state index contributed by atoms with van der Waals surface area (Å²) in [5.41, 5.74) is 1.77. The van der Waals surface area contributed by atoms with Crippen LogP contribution in [0.4, 0.5) is 0 Å². The number of piperidine rings is 1. The third-order valence-electron chi connectivity index (χ3n) is 5.27. The fraction of sp³-hybridized carbons (Fsp3) is 0.450. The number of nitrogens with one attached hydrogen (secondary N) is 1. The minimum absolute atomic E-state index is 0.109. The zero-order valence-corrected chi connectivity index (χ0v) is 17.4. The molecule has 0 atom stereocenters. The molecule has 0 saturated carbocycles. The van der Waals surface area contributed by atoms with Gasteiger partial charge in [-0.05, 0) is 49.9 Å². The lowest BCUT2D eigenvalue weighted by molar-refractivity contribution is 0.0714. The van der Waals surface area contributed by atoms with Gasteiger partial charge in [0.05, 0.1) is 7.11 Å². The molecule has 0 radical (unpaired) electrons. The predicted molar refractivity (Wildman–Crippen MR) is 107 cm³/mol. The minimum Gasteiger partial charge on any atom is -0.497 e. The number of ether oxygens (including phenoxy) is 1. The lowest BCUT2D eigenvalue weighted by Gasteiger charge is -2.26. The Hall–Kier alpha value is -2.32. The van der Waals surface area contributed by atoms with Crippen molar-refractivity contribution >= 4 is 15.9 Å². The summed E-state index contributed by atoms with van der Waals surface area (Å²) in [5, 5.41) is 0. The molecule has 1 fully saturated rings. The number of methoxy groups -OCH3 is 1. The Kier molecular flexibility index (Phi) is 6.10. The van der Waals surface area contributed by atoms with Crippen LogP contribution in [0.5, 0.6) is 5.75 Å². The molecule has 0 aliphatic carbocycles. The molecule has 0 spiro atoms. The van der Waals surface area contributed by atoms with E-state index in [0.717, 1.165) is 37.9 Å². The number of benzene rings is 1. The first-order valence-corrected chi connectivity index (χ1v) is 10.9. The number of amides is 1. The van der Waals surface area contributed by atoms with Crippen LogP contribution in [-0.4, -0.2) is 44.0 Å². The summed E-state index contributed by atoms with van der Waals surface area (Å²) >= 11 is 0. The van der Waals surface area contributed by atoms with Crippen molar-refractivity contribution in [2.75, 3.05) is 20.2 Å². The highest BCUT2D eigenvalue weighted by Crippen LogP contribution is 2.22. The monoisotopic (exact) mass is 405 g/mol. The van der Waals surface area contributed by atoms with Crippen molar-refractivity contribution in [1.82, 2.24) is 14.2 Å². The number of carbonyl (C=O) groups is 1. The van der Waals surface area contributed by atoms with Crippen molar-refractivity contribution in [2.24, 2.45) is 7.05 Å². The van der Waals surface area contributed by atoms with E-state index >= 15 is 0 Å². The number of hydrogen-bond acceptors (Lipinski definition) is 4. The largest absolute Gasteiger partial charge is 0.497 e. The first kappa shape index (κ1) is 20.4. The van der Waals surface area contributed by atoms with Crippen LogP contribution < -0.4 is 9.46 Å². The van der Waals surface area contributed by atoms with Crippen molar-refractivity contribution in [2.45, 2.75) is 37.6 Å². The predicted octanol–water partition coefficient (Wildman–Crippen LogP) is 2.45. The van der Waals surface area contributed by atoms with Gasteiger partial charge in [-0.1, -0.05) is 12.1 Å². The SMILES string of the molecule is COc1ccc(CNS(=O)(=O)c2cc(C(=O)N3CCCCC3)n(C)c2C)cc1. The topological polar surface area (TPSA) is 80.6 Å². The van der Waals surface area contributed by atoms with E-state index in [1.165, 1.54) is 6.07 Å². The number of rotatable bonds is 6. The van der Waals surface area contributed by atoms with Crippen molar-refractivity contribution in [1.29, 1.82) is 0 Å². The van der Waals surface area contributed by atoms with Crippen LogP contribution in [0.2, 0.25) is 0 Å². The van der Waals surface area contributed by atoms with Gasteiger partial charge in [0.15, 0.2) is 0 Å². The Balaban J connectivity index is 1.78. The molecule has 7 nitrogen and oxygen atoms in total. The summed E-state index contributed by atoms with van der Waals surface area (Å²) in [4.78, 5) is 14.8. The number of carbonyl (C=O) groups excluding carboxylic acids is 1. The molecule has 2 heterocycles. The number of hydrogen-bond donors (Lipinski definition) is 1. The highest BCUT2D eigenvalue weighted by Gasteiger charge is 2.27. The molecule has 1 aromatic carbocycles. The third kappa shape index (κ3) is 4.23. The van der Waals surface area contributed by atoms with Crippen molar-refractivity contribution in [3.05, 3.63) is 47.3 Å². The molecule has 1 saturated heterocycles. The van der Waals surface area contributed by atoms with Crippen LogP contribution in [0.1, 0.15) is 41.0 Å². The summed E-state index contributed by atoms with van der Waals surface area (Å²) in [6.07, 6.45) is 3.11. The molecule has 3 rings (SSSR count). The Morgan fingerprint density at radius 1 is 1.14 bits per heavy atom. The zero-order valence-electron chi connectivity index (χ0n) is 16.6. The highest BCUT2D eigenvalue weighted by atomic mass is 32.2. The van der Waals surface area contributed by atoms with Crippen LogP contribution in [0.15, 0.2) is 35.2 Å². The van der Waals surface area contributed by atoms with Gasteiger partial charge in [-0.15, -0.1) is 0 Å². The van der Waals surface area contributed by atoms with Gasteiger partial charge in [-0.3, -0.25) is 4.79 Å². The summed E-state index contributed by atoms with van der Waals surface area (Å²) in [5.74, 6) is 0.605. The normalized spacial score (nSPS) is 14.9. The summed E-state index contributed by atoms with van der Waals surface area (Å²) in [7, 11) is -0.430. The van der Waals surface area contributed by atoms with Crippen LogP contribution in [0.25, 0.3) is 0 Å². The van der Waals surface area contributed by atoms with Crippen molar-refractivity contribution in [3.63, 3.8) is 0 Å². The average Bonchev–Trinajstić information content (AvgIpc) is 3.02. The molecule has 8 heteroatoms. The molecule has 28 heavy (non-hydrogen) atoms. The molecule has 1 aliphatic heterocycles. The first-order chi connectivity index (χ1) is 13.3. The number of likely N-dealkylation sites (tertiary alicyclic amines) is 1. The quantitative estimate of drug-likeness (QED) is 0.801. The van der Waals surface area contributed by atoms with Gasteiger partial charge in [0.2, 0.25) is 10.0 Å². The Morgan fingerprint density at radius 3 is 2.39 bits per heavy atom. The van der Waals surface area contributed by atoms with Crippen molar-refractivity contribution < 1.29 is 17.9 Å². The molecule has 152 valence electrons. The molecule has 1 aromatic heterocycles. The molecule has 1 amide bonds. The van der Waals surface area contributed by atoms with E-state index in [1.807, 2.05) is 12.1 Å². The van der Waals surface area contributed by atoms with E-state index in [-0.39, 0.29) is 17.3 Å². The number of nitrogens with zero attached hydrogens (tertiary/aromatic N) is 2. The third-order valence-corrected chi connectivity index (χ3v) is 6.78. The first-order valence-electron chi connectivity index (χ1n) is 9.41. The van der Waals surface area contributed by atoms with Crippen molar-refractivity contribution in [3.8, 4) is 5.75 Å². The molecular weight excluding hydrogens is 378 g/mol. The summed E-state index contributed by atoms with van der Waals surface area (Å²) in [6, 6.07) is 8.68. The maximum absolute atomic E-state index is 12.8. The van der Waals surface area contributed by atoms with Crippen LogP contribution >= 0.6 is 0 Å². The Bertz CT molecular complexity index is 943. The van der Waals surface area contributed by atoms with E-state index in [1.54, 1.807) is 42.7 Å². The Labute approximate surface area is 166 Å². The zero-order chi connectivity index (χ0) is 20.3. The van der Waals surface area contributed by atoms with Gasteiger partial charge >= 0.3 is 0 Å². The van der Waals surface area contributed by atoms with Gasteiger partial charge in [0.25, 0.3) is 5.91 Å². The lowest BCUT2D eigenvalue weighted by Crippen LogP contribution is -2.36. The average molecular weight is 406 g/mol. The summed E-state index contributed by atoms with van der Waals surface area (Å²) < 4.78 is 35.1. The second-order valence-electron chi connectivity index (χ2n) is 7.06. The van der Waals surface area contributed by atoms with Crippen LogP contribution in [0.3, 0.4) is 0 Å². The molecule has 0 unspecified atom stereocenters. The molecular formula is C20H27N3O4S. The van der Waals surface area contributed by atoms with E-state index in [4.69, 9.17) is 4.74 Å². The Morgan fingerprint density at radius 2 is 1.79 bits per heavy atom. The van der Waals surface area contributed by atoms with E-state index in [9.17, 15) is 13.2 Å². The second kappa shape index (κ2) is 8.36. The van der Waals surface area contributed by atoms with E-state index in [2.05, 4.69) is 4.72 Å². The molecule has 1 N–H and O–H groups in total. The molecule has 0 bridgehead atoms. The maximum Gasteiger partial charge on any atom is 0.270 e. The molecule has 1 aliphatic rings. The van der Waals surface area contributed by atoms with Gasteiger partial charge in [0.1, 0.15) is 16.3 Å². The van der Waals surface area contributed by atoms with Gasteiger partial charge in [-0.2, -0.15) is 0 Å². The standard InChI is InChI=1S/C20H27N3O4S/c1-15-19(13-18(22(15)2)20(24)23-11-5-4-6-12-23)28(25,26)21-14-16-7-9-17(27-3)10-8-16/h7-10,13,21H,4-6,11-12,14H2,1-3H3. The van der Waals surface area contributed by atoms with Crippen LogP contribution in [-0.2, 0) is 23.6 Å². The summed E-state index contributed by atoms with van der Waals surface area (Å²) in [6.45, 7) is 3.33. The fourth-order valence-corrected chi connectivity index (χ4v) is 4.71. The number of sulfonamides is 1. The van der Waals surface area contributed by atoms with E-state index < -0.39 is 10.0 Å². The highest BCUT2D eigenvalue weighted by molar-refractivity contribution is 7.89. The lowest BCUT2D eigenvalue weighted by atomic mass is 10.1.